The van der Waals surface area contributed by atoms with E-state index in [-0.39, 0.29) is 0 Å². The van der Waals surface area contributed by atoms with Gasteiger partial charge in [0.2, 0.25) is 0 Å². The standard InChI is InChI=1S/C5H12O.CH4O3S/c1-4-6-5(2)3;1-5(2,3)4/h5H,4H2,1-3H3;1H3,(H,2,3,4). The fourth-order valence-corrected chi connectivity index (χ4v) is 0.333. The van der Waals surface area contributed by atoms with Gasteiger partial charge in [0.15, 0.2) is 0 Å². The molecule has 0 aromatic heterocycles. The summed E-state index contributed by atoms with van der Waals surface area (Å²) >= 11 is 0. The zero-order valence-corrected chi connectivity index (χ0v) is 8.18. The van der Waals surface area contributed by atoms with Crippen LogP contribution >= 0.6 is 0 Å². The molecule has 0 saturated heterocycles. The molecule has 0 aliphatic heterocycles. The van der Waals surface area contributed by atoms with E-state index in [4.69, 9.17) is 9.29 Å². The molecule has 0 amide bonds. The maximum absolute atomic E-state index is 9.19. The van der Waals surface area contributed by atoms with E-state index in [1.54, 1.807) is 0 Å². The van der Waals surface area contributed by atoms with Gasteiger partial charge in [0.05, 0.1) is 12.4 Å². The zero-order chi connectivity index (χ0) is 9.49. The summed E-state index contributed by atoms with van der Waals surface area (Å²) < 4.78 is 30.9. The highest BCUT2D eigenvalue weighted by atomic mass is 32.2. The minimum Gasteiger partial charge on any atom is -0.379 e. The average Bonchev–Trinajstić information content (AvgIpc) is 1.58. The Hall–Kier alpha value is -0.130. The van der Waals surface area contributed by atoms with Crippen molar-refractivity contribution >= 4 is 10.1 Å². The summed E-state index contributed by atoms with van der Waals surface area (Å²) in [5.74, 6) is 0. The van der Waals surface area contributed by atoms with Gasteiger partial charge in [-0.05, 0) is 20.8 Å². The molecule has 0 aliphatic carbocycles. The van der Waals surface area contributed by atoms with Crippen LogP contribution in [-0.2, 0) is 14.9 Å². The van der Waals surface area contributed by atoms with Crippen LogP contribution in [0.4, 0.5) is 0 Å². The third-order valence-electron chi connectivity index (χ3n) is 0.500. The van der Waals surface area contributed by atoms with Crippen LogP contribution in [0.2, 0.25) is 0 Å². The van der Waals surface area contributed by atoms with Gasteiger partial charge in [-0.25, -0.2) is 0 Å². The van der Waals surface area contributed by atoms with Crippen molar-refractivity contribution in [2.24, 2.45) is 0 Å². The first-order chi connectivity index (χ1) is 4.77. The van der Waals surface area contributed by atoms with E-state index in [0.29, 0.717) is 12.4 Å². The molecule has 5 heteroatoms. The first kappa shape index (κ1) is 13.5. The highest BCUT2D eigenvalue weighted by molar-refractivity contribution is 7.85. The predicted octanol–water partition coefficient (Wildman–Crippen LogP) is 0.935. The van der Waals surface area contributed by atoms with Crippen LogP contribution in [0.15, 0.2) is 0 Å². The normalized spacial score (nSPS) is 10.7. The fourth-order valence-electron chi connectivity index (χ4n) is 0.333. The van der Waals surface area contributed by atoms with E-state index in [0.717, 1.165) is 6.61 Å². The first-order valence-corrected chi connectivity index (χ1v) is 5.16. The lowest BCUT2D eigenvalue weighted by Crippen LogP contribution is -1.99. The Morgan fingerprint density at radius 1 is 1.45 bits per heavy atom. The maximum Gasteiger partial charge on any atom is 0.261 e. The predicted molar refractivity (Wildman–Crippen MR) is 44.2 cm³/mol. The van der Waals surface area contributed by atoms with Gasteiger partial charge in [0.25, 0.3) is 10.1 Å². The van der Waals surface area contributed by atoms with Crippen molar-refractivity contribution in [3.63, 3.8) is 0 Å². The molecule has 0 aromatic carbocycles. The molecule has 0 aliphatic rings. The van der Waals surface area contributed by atoms with Crippen LogP contribution in [0.25, 0.3) is 0 Å². The third kappa shape index (κ3) is 74.2. The average molecular weight is 184 g/mol. The molecule has 0 atom stereocenters. The molecule has 0 rings (SSSR count). The van der Waals surface area contributed by atoms with E-state index in [1.165, 1.54) is 0 Å². The van der Waals surface area contributed by atoms with Crippen molar-refractivity contribution in [2.75, 3.05) is 12.9 Å². The fraction of sp³-hybridized carbons (Fsp3) is 1.00. The molecule has 0 radical (unpaired) electrons. The molecule has 0 heterocycles. The van der Waals surface area contributed by atoms with Gasteiger partial charge in [-0.15, -0.1) is 0 Å². The van der Waals surface area contributed by atoms with Crippen molar-refractivity contribution in [2.45, 2.75) is 26.9 Å². The highest BCUT2D eigenvalue weighted by Gasteiger charge is 1.83. The van der Waals surface area contributed by atoms with Gasteiger partial charge in [0.1, 0.15) is 0 Å². The molecule has 0 unspecified atom stereocenters. The SMILES string of the molecule is CCOC(C)C.CS(=O)(=O)O. The first-order valence-electron chi connectivity index (χ1n) is 3.31. The number of hydrogen-bond donors (Lipinski definition) is 1. The van der Waals surface area contributed by atoms with Crippen molar-refractivity contribution in [1.29, 1.82) is 0 Å². The molecule has 1 N–H and O–H groups in total. The van der Waals surface area contributed by atoms with Crippen LogP contribution in [-0.4, -0.2) is 31.9 Å². The monoisotopic (exact) mass is 184 g/mol. The number of hydrogen-bond acceptors (Lipinski definition) is 3. The third-order valence-corrected chi connectivity index (χ3v) is 0.500. The van der Waals surface area contributed by atoms with Crippen molar-refractivity contribution in [3.8, 4) is 0 Å². The van der Waals surface area contributed by atoms with Crippen LogP contribution < -0.4 is 0 Å². The minimum atomic E-state index is -3.67. The van der Waals surface area contributed by atoms with E-state index < -0.39 is 10.1 Å². The summed E-state index contributed by atoms with van der Waals surface area (Å²) in [6, 6.07) is 0. The smallest absolute Gasteiger partial charge is 0.261 e. The van der Waals surface area contributed by atoms with Crippen LogP contribution in [0.3, 0.4) is 0 Å². The largest absolute Gasteiger partial charge is 0.379 e. The lowest BCUT2D eigenvalue weighted by Gasteiger charge is -2.00. The van der Waals surface area contributed by atoms with Crippen molar-refractivity contribution < 1.29 is 17.7 Å². The summed E-state index contributed by atoms with van der Waals surface area (Å²) in [5, 5.41) is 0. The highest BCUT2D eigenvalue weighted by Crippen LogP contribution is 1.83. The molecule has 0 fully saturated rings. The van der Waals surface area contributed by atoms with Gasteiger partial charge in [-0.1, -0.05) is 0 Å². The second-order valence-electron chi connectivity index (χ2n) is 2.24. The Bertz CT molecular complexity index is 151. The Kier molecular flexibility index (Phi) is 8.04. The topological polar surface area (TPSA) is 63.6 Å². The molecule has 4 nitrogen and oxygen atoms in total. The van der Waals surface area contributed by atoms with E-state index >= 15 is 0 Å². The van der Waals surface area contributed by atoms with Crippen LogP contribution in [0.5, 0.6) is 0 Å². The van der Waals surface area contributed by atoms with Crippen molar-refractivity contribution in [1.82, 2.24) is 0 Å². The van der Waals surface area contributed by atoms with E-state index in [1.807, 2.05) is 20.8 Å². The summed E-state index contributed by atoms with van der Waals surface area (Å²) in [4.78, 5) is 0. The lowest BCUT2D eigenvalue weighted by molar-refractivity contribution is 0.0899. The summed E-state index contributed by atoms with van der Waals surface area (Å²) in [6.45, 7) is 6.89. The molecule has 0 spiro atoms. The zero-order valence-electron chi connectivity index (χ0n) is 7.36. The van der Waals surface area contributed by atoms with Crippen LogP contribution in [0, 0.1) is 0 Å². The van der Waals surface area contributed by atoms with Gasteiger partial charge < -0.3 is 4.74 Å². The second kappa shape index (κ2) is 6.57. The molecule has 0 saturated carbocycles. The maximum atomic E-state index is 9.19. The van der Waals surface area contributed by atoms with Crippen LogP contribution in [0.1, 0.15) is 20.8 Å². The quantitative estimate of drug-likeness (QED) is 0.648. The van der Waals surface area contributed by atoms with Gasteiger partial charge >= 0.3 is 0 Å². The van der Waals surface area contributed by atoms with E-state index in [2.05, 4.69) is 0 Å². The lowest BCUT2D eigenvalue weighted by atomic mass is 10.5. The molecule has 0 bridgehead atoms. The molecular formula is C6H16O4S. The van der Waals surface area contributed by atoms with Gasteiger partial charge in [0, 0.05) is 6.61 Å². The Morgan fingerprint density at radius 2 is 1.73 bits per heavy atom. The van der Waals surface area contributed by atoms with Gasteiger partial charge in [-0.2, -0.15) is 8.42 Å². The van der Waals surface area contributed by atoms with Gasteiger partial charge in [-0.3, -0.25) is 4.55 Å². The Labute approximate surface area is 68.3 Å². The molecule has 70 valence electrons. The van der Waals surface area contributed by atoms with E-state index in [9.17, 15) is 8.42 Å². The Morgan fingerprint density at radius 3 is 1.73 bits per heavy atom. The Balaban J connectivity index is 0. The summed E-state index contributed by atoms with van der Waals surface area (Å²) in [6.07, 6.45) is 1.11. The second-order valence-corrected chi connectivity index (χ2v) is 3.70. The summed E-state index contributed by atoms with van der Waals surface area (Å²) in [5.41, 5.74) is 0. The minimum absolute atomic E-state index is 0.398. The number of rotatable bonds is 2. The molecule has 11 heavy (non-hydrogen) atoms. The number of ether oxygens (including phenoxy) is 1. The summed E-state index contributed by atoms with van der Waals surface area (Å²) in [7, 11) is -3.67. The van der Waals surface area contributed by atoms with Crippen molar-refractivity contribution in [3.05, 3.63) is 0 Å². The molecule has 0 aromatic rings. The molecular weight excluding hydrogens is 168 g/mol.